The minimum Gasteiger partial charge on any atom is -0.326 e. The number of nitrogens with one attached hydrogen (secondary N) is 2. The highest BCUT2D eigenvalue weighted by molar-refractivity contribution is 7.89. The molecule has 0 saturated carbocycles. The Hall–Kier alpha value is -3.57. The van der Waals surface area contributed by atoms with Crippen LogP contribution in [-0.4, -0.2) is 52.9 Å². The molecule has 11 heteroatoms. The van der Waals surface area contributed by atoms with Gasteiger partial charge >= 0.3 is 0 Å². The van der Waals surface area contributed by atoms with E-state index in [4.69, 9.17) is 0 Å². The molecule has 2 heterocycles. The molecular formula is C20H22N6O4S. The third-order valence-electron chi connectivity index (χ3n) is 4.25. The number of aromatic nitrogens is 3. The number of anilines is 2. The number of sulfonamides is 1. The molecule has 2 aromatic heterocycles. The fourth-order valence-corrected chi connectivity index (χ4v) is 3.88. The smallest absolute Gasteiger partial charge is 0.243 e. The maximum absolute atomic E-state index is 12.7. The lowest BCUT2D eigenvalue weighted by Crippen LogP contribution is -2.35. The zero-order valence-electron chi connectivity index (χ0n) is 17.0. The lowest BCUT2D eigenvalue weighted by molar-refractivity contribution is -0.116. The van der Waals surface area contributed by atoms with Gasteiger partial charge in [-0.15, -0.1) is 0 Å². The maximum atomic E-state index is 12.7. The Morgan fingerprint density at radius 1 is 1.03 bits per heavy atom. The minimum absolute atomic E-state index is 0.0125. The molecule has 3 rings (SSSR count). The van der Waals surface area contributed by atoms with Crippen molar-refractivity contribution in [2.75, 3.05) is 24.2 Å². The Balaban J connectivity index is 1.59. The van der Waals surface area contributed by atoms with Crippen LogP contribution < -0.4 is 10.6 Å². The number of pyridine rings is 1. The summed E-state index contributed by atoms with van der Waals surface area (Å²) in [4.78, 5) is 27.4. The highest BCUT2D eigenvalue weighted by Crippen LogP contribution is 2.17. The number of rotatable bonds is 8. The standard InChI is InChI=1S/C20H22N6O4S/c1-15(27)22-17-3-5-18(6-4-17)31(29,30)25(2)14-20(28)23-19-9-12-26(24-19)13-16-7-10-21-11-8-16/h3-12H,13-14H2,1-2H3,(H,22,27)(H,23,24,28). The number of benzene rings is 1. The van der Waals surface area contributed by atoms with Crippen LogP contribution in [0, 0.1) is 0 Å². The normalized spacial score (nSPS) is 11.3. The van der Waals surface area contributed by atoms with Gasteiger partial charge in [0.1, 0.15) is 0 Å². The summed E-state index contributed by atoms with van der Waals surface area (Å²) in [6, 6.07) is 11.1. The van der Waals surface area contributed by atoms with Crippen molar-refractivity contribution >= 4 is 33.3 Å². The van der Waals surface area contributed by atoms with Crippen LogP contribution >= 0.6 is 0 Å². The number of amides is 2. The predicted octanol–water partition coefficient (Wildman–Crippen LogP) is 1.54. The Bertz CT molecular complexity index is 1160. The fourth-order valence-electron chi connectivity index (χ4n) is 2.75. The van der Waals surface area contributed by atoms with E-state index in [1.165, 1.54) is 38.2 Å². The van der Waals surface area contributed by atoms with Crippen molar-refractivity contribution in [3.8, 4) is 0 Å². The first-order valence-corrected chi connectivity index (χ1v) is 10.7. The molecule has 3 aromatic rings. The van der Waals surface area contributed by atoms with Crippen molar-refractivity contribution in [3.05, 3.63) is 66.6 Å². The van der Waals surface area contributed by atoms with Crippen LogP contribution in [0.1, 0.15) is 12.5 Å². The van der Waals surface area contributed by atoms with Gasteiger partial charge in [-0.05, 0) is 42.0 Å². The van der Waals surface area contributed by atoms with Gasteiger partial charge in [-0.3, -0.25) is 19.3 Å². The summed E-state index contributed by atoms with van der Waals surface area (Å²) in [5, 5.41) is 9.43. The summed E-state index contributed by atoms with van der Waals surface area (Å²) in [6.45, 7) is 1.49. The molecule has 162 valence electrons. The fraction of sp³-hybridized carbons (Fsp3) is 0.200. The molecule has 0 aliphatic carbocycles. The first-order valence-electron chi connectivity index (χ1n) is 9.30. The van der Waals surface area contributed by atoms with Gasteiger partial charge in [0.25, 0.3) is 0 Å². The zero-order valence-corrected chi connectivity index (χ0v) is 17.8. The quantitative estimate of drug-likeness (QED) is 0.545. The predicted molar refractivity (Wildman–Crippen MR) is 115 cm³/mol. The lowest BCUT2D eigenvalue weighted by atomic mass is 10.3. The zero-order chi connectivity index (χ0) is 22.4. The van der Waals surface area contributed by atoms with Gasteiger partial charge < -0.3 is 10.6 Å². The number of hydrogen-bond donors (Lipinski definition) is 2. The van der Waals surface area contributed by atoms with E-state index in [9.17, 15) is 18.0 Å². The van der Waals surface area contributed by atoms with Gasteiger partial charge in [-0.1, -0.05) is 0 Å². The van der Waals surface area contributed by atoms with E-state index >= 15 is 0 Å². The van der Waals surface area contributed by atoms with Crippen LogP contribution in [-0.2, 0) is 26.2 Å². The molecule has 0 radical (unpaired) electrons. The van der Waals surface area contributed by atoms with E-state index in [0.717, 1.165) is 9.87 Å². The summed E-state index contributed by atoms with van der Waals surface area (Å²) in [5.41, 5.74) is 1.49. The van der Waals surface area contributed by atoms with Crippen LogP contribution in [0.4, 0.5) is 11.5 Å². The third-order valence-corrected chi connectivity index (χ3v) is 6.07. The second-order valence-corrected chi connectivity index (χ2v) is 8.81. The molecule has 0 fully saturated rings. The molecule has 0 aliphatic rings. The van der Waals surface area contributed by atoms with E-state index in [-0.39, 0.29) is 17.3 Å². The molecule has 2 N–H and O–H groups in total. The Labute approximate surface area is 180 Å². The van der Waals surface area contributed by atoms with Crippen LogP contribution in [0.2, 0.25) is 0 Å². The molecule has 0 aliphatic heterocycles. The topological polar surface area (TPSA) is 126 Å². The summed E-state index contributed by atoms with van der Waals surface area (Å²) >= 11 is 0. The van der Waals surface area contributed by atoms with Crippen molar-refractivity contribution in [2.45, 2.75) is 18.4 Å². The summed E-state index contributed by atoms with van der Waals surface area (Å²) in [6.07, 6.45) is 5.09. The molecule has 0 bridgehead atoms. The monoisotopic (exact) mass is 442 g/mol. The highest BCUT2D eigenvalue weighted by Gasteiger charge is 2.23. The summed E-state index contributed by atoms with van der Waals surface area (Å²) < 4.78 is 28.0. The van der Waals surface area contributed by atoms with Crippen LogP contribution in [0.5, 0.6) is 0 Å². The maximum Gasteiger partial charge on any atom is 0.243 e. The molecule has 2 amide bonds. The van der Waals surface area contributed by atoms with E-state index in [0.29, 0.717) is 18.1 Å². The summed E-state index contributed by atoms with van der Waals surface area (Å²) in [5.74, 6) is -0.452. The van der Waals surface area contributed by atoms with E-state index in [1.807, 2.05) is 12.1 Å². The van der Waals surface area contributed by atoms with Crippen molar-refractivity contribution in [2.24, 2.45) is 0 Å². The molecule has 31 heavy (non-hydrogen) atoms. The SMILES string of the molecule is CC(=O)Nc1ccc(S(=O)(=O)N(C)CC(=O)Nc2ccn(Cc3ccncc3)n2)cc1. The van der Waals surface area contributed by atoms with Gasteiger partial charge in [-0.2, -0.15) is 9.40 Å². The van der Waals surface area contributed by atoms with Gasteiger partial charge in [-0.25, -0.2) is 8.42 Å². The first kappa shape index (κ1) is 22.1. The lowest BCUT2D eigenvalue weighted by Gasteiger charge is -2.16. The van der Waals surface area contributed by atoms with Crippen molar-refractivity contribution in [3.63, 3.8) is 0 Å². The molecule has 0 atom stereocenters. The Kier molecular flexibility index (Phi) is 6.78. The molecule has 0 spiro atoms. The second-order valence-electron chi connectivity index (χ2n) is 6.77. The van der Waals surface area contributed by atoms with Crippen molar-refractivity contribution < 1.29 is 18.0 Å². The molecule has 0 unspecified atom stereocenters. The minimum atomic E-state index is -3.88. The first-order chi connectivity index (χ1) is 14.7. The number of hydrogen-bond acceptors (Lipinski definition) is 6. The van der Waals surface area contributed by atoms with Crippen LogP contribution in [0.15, 0.2) is 66.0 Å². The Morgan fingerprint density at radius 3 is 2.35 bits per heavy atom. The van der Waals surface area contributed by atoms with Crippen LogP contribution in [0.3, 0.4) is 0 Å². The average molecular weight is 443 g/mol. The number of nitrogens with zero attached hydrogens (tertiary/aromatic N) is 4. The van der Waals surface area contributed by atoms with Crippen molar-refractivity contribution in [1.29, 1.82) is 0 Å². The highest BCUT2D eigenvalue weighted by atomic mass is 32.2. The average Bonchev–Trinajstić information content (AvgIpc) is 3.15. The molecule has 1 aromatic carbocycles. The van der Waals surface area contributed by atoms with Crippen LogP contribution in [0.25, 0.3) is 0 Å². The summed E-state index contributed by atoms with van der Waals surface area (Å²) in [7, 11) is -2.56. The largest absolute Gasteiger partial charge is 0.326 e. The molecular weight excluding hydrogens is 420 g/mol. The van der Waals surface area contributed by atoms with Gasteiger partial charge in [0.05, 0.1) is 18.0 Å². The van der Waals surface area contributed by atoms with Gasteiger partial charge in [0.2, 0.25) is 21.8 Å². The Morgan fingerprint density at radius 2 is 1.71 bits per heavy atom. The van der Waals surface area contributed by atoms with Gasteiger partial charge in [0.15, 0.2) is 5.82 Å². The molecule has 0 saturated heterocycles. The second kappa shape index (κ2) is 9.49. The van der Waals surface area contributed by atoms with Crippen molar-refractivity contribution in [1.82, 2.24) is 19.1 Å². The molecule has 10 nitrogen and oxygen atoms in total. The number of carbonyl (C=O) groups is 2. The van der Waals surface area contributed by atoms with Gasteiger partial charge in [0, 0.05) is 44.3 Å². The van der Waals surface area contributed by atoms with E-state index in [2.05, 4.69) is 20.7 Å². The number of carbonyl (C=O) groups excluding carboxylic acids is 2. The van der Waals surface area contributed by atoms with E-state index < -0.39 is 15.9 Å². The third kappa shape index (κ3) is 5.96. The van der Waals surface area contributed by atoms with E-state index in [1.54, 1.807) is 29.3 Å². The number of likely N-dealkylation sites (N-methyl/N-ethyl adjacent to an activating group) is 1.